The third-order valence-electron chi connectivity index (χ3n) is 2.63. The molecule has 0 spiro atoms. The summed E-state index contributed by atoms with van der Waals surface area (Å²) in [6, 6.07) is 5.77. The molecule has 0 bridgehead atoms. The Balaban J connectivity index is 2.65. The Labute approximate surface area is 99.1 Å². The molecule has 5 heteroatoms. The zero-order valence-corrected chi connectivity index (χ0v) is 10.1. The summed E-state index contributed by atoms with van der Waals surface area (Å²) in [5, 5.41) is 0. The molecule has 0 atom stereocenters. The van der Waals surface area contributed by atoms with E-state index in [0.29, 0.717) is 5.52 Å². The molecule has 0 aliphatic rings. The van der Waals surface area contributed by atoms with Crippen LogP contribution in [0.25, 0.3) is 16.6 Å². The lowest BCUT2D eigenvalue weighted by Crippen LogP contribution is -2.10. The van der Waals surface area contributed by atoms with Gasteiger partial charge in [0.2, 0.25) is 0 Å². The van der Waals surface area contributed by atoms with Crippen molar-refractivity contribution in [3.05, 3.63) is 45.0 Å². The van der Waals surface area contributed by atoms with Crippen LogP contribution in [-0.4, -0.2) is 14.4 Å². The van der Waals surface area contributed by atoms with Crippen molar-refractivity contribution in [2.45, 2.75) is 6.92 Å². The lowest BCUT2D eigenvalue weighted by atomic mass is 10.3. The molecule has 80 valence electrons. The topological polar surface area (TPSA) is 50.2 Å². The molecule has 2 aromatic heterocycles. The second kappa shape index (κ2) is 3.18. The van der Waals surface area contributed by atoms with E-state index >= 15 is 0 Å². The zero-order chi connectivity index (χ0) is 11.3. The normalized spacial score (nSPS) is 11.4. The Hall–Kier alpha value is -1.62. The molecule has 0 fully saturated rings. The number of aryl methyl sites for hydroxylation is 1. The highest BCUT2D eigenvalue weighted by atomic mass is 79.9. The van der Waals surface area contributed by atoms with Gasteiger partial charge < -0.3 is 4.98 Å². The van der Waals surface area contributed by atoms with Crippen LogP contribution in [-0.2, 0) is 0 Å². The van der Waals surface area contributed by atoms with Gasteiger partial charge in [0.25, 0.3) is 5.56 Å². The van der Waals surface area contributed by atoms with Gasteiger partial charge in [-0.1, -0.05) is 15.9 Å². The zero-order valence-electron chi connectivity index (χ0n) is 8.49. The smallest absolute Gasteiger partial charge is 0.274 e. The molecule has 0 aliphatic carbocycles. The largest absolute Gasteiger partial charge is 0.319 e. The fourth-order valence-corrected chi connectivity index (χ4v) is 2.25. The van der Waals surface area contributed by atoms with Crippen LogP contribution < -0.4 is 5.56 Å². The summed E-state index contributed by atoms with van der Waals surface area (Å²) < 4.78 is 2.75. The highest BCUT2D eigenvalue weighted by molar-refractivity contribution is 9.10. The van der Waals surface area contributed by atoms with Gasteiger partial charge in [-0.3, -0.25) is 9.20 Å². The van der Waals surface area contributed by atoms with Crippen molar-refractivity contribution in [3.63, 3.8) is 0 Å². The van der Waals surface area contributed by atoms with E-state index in [9.17, 15) is 4.79 Å². The van der Waals surface area contributed by atoms with E-state index in [2.05, 4.69) is 25.9 Å². The van der Waals surface area contributed by atoms with Crippen LogP contribution in [0.3, 0.4) is 0 Å². The van der Waals surface area contributed by atoms with Crippen molar-refractivity contribution in [3.8, 4) is 0 Å². The van der Waals surface area contributed by atoms with Crippen molar-refractivity contribution in [2.75, 3.05) is 0 Å². The lowest BCUT2D eigenvalue weighted by molar-refractivity contribution is 1.16. The van der Waals surface area contributed by atoms with Crippen molar-refractivity contribution < 1.29 is 0 Å². The van der Waals surface area contributed by atoms with E-state index in [-0.39, 0.29) is 5.56 Å². The third-order valence-corrected chi connectivity index (χ3v) is 3.13. The molecule has 0 amide bonds. The number of nitrogens with zero attached hydrogens (tertiary/aromatic N) is 2. The molecular weight excluding hydrogens is 270 g/mol. The lowest BCUT2D eigenvalue weighted by Gasteiger charge is -2.02. The van der Waals surface area contributed by atoms with Crippen molar-refractivity contribution in [1.82, 2.24) is 14.4 Å². The second-order valence-electron chi connectivity index (χ2n) is 3.66. The highest BCUT2D eigenvalue weighted by Gasteiger charge is 2.08. The van der Waals surface area contributed by atoms with Crippen LogP contribution >= 0.6 is 15.9 Å². The number of rotatable bonds is 0. The second-order valence-corrected chi connectivity index (χ2v) is 4.58. The van der Waals surface area contributed by atoms with Crippen LogP contribution in [0.2, 0.25) is 0 Å². The number of aromatic nitrogens is 3. The molecule has 0 saturated heterocycles. The van der Waals surface area contributed by atoms with Gasteiger partial charge >= 0.3 is 0 Å². The number of hydrogen-bond acceptors (Lipinski definition) is 2. The highest BCUT2D eigenvalue weighted by Crippen LogP contribution is 2.18. The maximum Gasteiger partial charge on any atom is 0.274 e. The van der Waals surface area contributed by atoms with Gasteiger partial charge in [0.1, 0.15) is 11.8 Å². The number of hydrogen-bond donors (Lipinski definition) is 1. The molecule has 3 aromatic rings. The Morgan fingerprint density at radius 1 is 1.44 bits per heavy atom. The molecule has 2 heterocycles. The summed E-state index contributed by atoms with van der Waals surface area (Å²) in [6.07, 6.45) is 1.68. The summed E-state index contributed by atoms with van der Waals surface area (Å²) in [6.45, 7) is 1.83. The summed E-state index contributed by atoms with van der Waals surface area (Å²) in [5.41, 5.74) is 2.98. The van der Waals surface area contributed by atoms with Crippen molar-refractivity contribution >= 4 is 32.5 Å². The molecule has 3 rings (SSSR count). The van der Waals surface area contributed by atoms with Gasteiger partial charge in [-0.25, -0.2) is 4.98 Å². The number of aromatic amines is 1. The average Bonchev–Trinajstić information content (AvgIpc) is 2.61. The van der Waals surface area contributed by atoms with Crippen LogP contribution in [0.1, 0.15) is 5.69 Å². The molecule has 1 N–H and O–H groups in total. The summed E-state index contributed by atoms with van der Waals surface area (Å²) in [7, 11) is 0. The van der Waals surface area contributed by atoms with E-state index in [1.54, 1.807) is 6.33 Å². The Bertz CT molecular complexity index is 757. The third kappa shape index (κ3) is 1.21. The minimum atomic E-state index is -0.111. The standard InChI is InChI=1S/C11H8BrN3O/c1-6-10-11(16)14-8-4-7(12)2-3-9(8)15(10)5-13-6/h2-5H,1H3,(H,14,16). The predicted molar refractivity (Wildman–Crippen MR) is 65.8 cm³/mol. The maximum atomic E-state index is 11.9. The number of benzene rings is 1. The summed E-state index contributed by atoms with van der Waals surface area (Å²) in [5.74, 6) is 0. The van der Waals surface area contributed by atoms with Gasteiger partial charge in [-0.05, 0) is 25.1 Å². The monoisotopic (exact) mass is 277 g/mol. The first-order valence-corrected chi connectivity index (χ1v) is 5.61. The molecule has 0 saturated carbocycles. The summed E-state index contributed by atoms with van der Waals surface area (Å²) in [4.78, 5) is 18.9. The predicted octanol–water partition coefficient (Wildman–Crippen LogP) is 2.25. The molecule has 16 heavy (non-hydrogen) atoms. The SMILES string of the molecule is Cc1ncn2c1c(=O)[nH]c1cc(Br)ccc12. The minimum Gasteiger partial charge on any atom is -0.319 e. The van der Waals surface area contributed by atoms with Gasteiger partial charge in [0.15, 0.2) is 0 Å². The van der Waals surface area contributed by atoms with Gasteiger partial charge in [0.05, 0.1) is 16.7 Å². The number of H-pyrrole nitrogens is 1. The van der Waals surface area contributed by atoms with Crippen LogP contribution in [0.15, 0.2) is 33.8 Å². The van der Waals surface area contributed by atoms with E-state index in [4.69, 9.17) is 0 Å². The fraction of sp³-hybridized carbons (Fsp3) is 0.0909. The first kappa shape index (κ1) is 9.59. The van der Waals surface area contributed by atoms with Gasteiger partial charge in [-0.2, -0.15) is 0 Å². The Morgan fingerprint density at radius 2 is 2.25 bits per heavy atom. The van der Waals surface area contributed by atoms with E-state index in [1.165, 1.54) is 0 Å². The van der Waals surface area contributed by atoms with Crippen LogP contribution in [0.4, 0.5) is 0 Å². The number of nitrogens with one attached hydrogen (secondary N) is 1. The van der Waals surface area contributed by atoms with Gasteiger partial charge in [-0.15, -0.1) is 0 Å². The molecule has 1 aromatic carbocycles. The van der Waals surface area contributed by atoms with Crippen LogP contribution in [0, 0.1) is 6.92 Å². The van der Waals surface area contributed by atoms with E-state index in [1.807, 2.05) is 29.5 Å². The average molecular weight is 278 g/mol. The molecular formula is C11H8BrN3O. The van der Waals surface area contributed by atoms with Crippen molar-refractivity contribution in [2.24, 2.45) is 0 Å². The quantitative estimate of drug-likeness (QED) is 0.685. The van der Waals surface area contributed by atoms with Crippen LogP contribution in [0.5, 0.6) is 0 Å². The fourth-order valence-electron chi connectivity index (χ4n) is 1.89. The first-order chi connectivity index (χ1) is 7.66. The Kier molecular flexibility index (Phi) is 1.91. The van der Waals surface area contributed by atoms with E-state index in [0.717, 1.165) is 21.2 Å². The Morgan fingerprint density at radius 3 is 3.06 bits per heavy atom. The number of halogens is 1. The number of imidazole rings is 1. The molecule has 0 radical (unpaired) electrons. The summed E-state index contributed by atoms with van der Waals surface area (Å²) >= 11 is 3.38. The minimum absolute atomic E-state index is 0.111. The van der Waals surface area contributed by atoms with Gasteiger partial charge in [0, 0.05) is 4.47 Å². The van der Waals surface area contributed by atoms with Crippen molar-refractivity contribution in [1.29, 1.82) is 0 Å². The van der Waals surface area contributed by atoms with E-state index < -0.39 is 0 Å². The molecule has 0 unspecified atom stereocenters. The molecule has 0 aliphatic heterocycles. The maximum absolute atomic E-state index is 11.9. The number of fused-ring (bicyclic) bond motifs is 3. The molecule has 4 nitrogen and oxygen atoms in total. The first-order valence-electron chi connectivity index (χ1n) is 4.82.